The summed E-state index contributed by atoms with van der Waals surface area (Å²) in [5.41, 5.74) is -0.670. The largest absolute Gasteiger partial charge is 0.416 e. The first kappa shape index (κ1) is 25.2. The summed E-state index contributed by atoms with van der Waals surface area (Å²) < 4.78 is 80.3. The number of carbonyl (C=O) groups is 1. The molecule has 0 saturated heterocycles. The minimum Gasteiger partial charge on any atom is -0.351 e. The van der Waals surface area contributed by atoms with Gasteiger partial charge < -0.3 is 5.32 Å². The third-order valence-electron chi connectivity index (χ3n) is 4.39. The monoisotopic (exact) mass is 478 g/mol. The van der Waals surface area contributed by atoms with Gasteiger partial charge in [0.2, 0.25) is 15.9 Å². The van der Waals surface area contributed by atoms with Crippen molar-refractivity contribution in [1.29, 1.82) is 0 Å². The Hall–Kier alpha value is -2.11. The summed E-state index contributed by atoms with van der Waals surface area (Å²) in [6.45, 7) is 1.26. The molecular formula is C20H22F4N2O3S2. The number of nitrogens with one attached hydrogen (secondary N) is 2. The number of hydrogen-bond donors (Lipinski definition) is 2. The van der Waals surface area contributed by atoms with Gasteiger partial charge in [-0.2, -0.15) is 29.7 Å². The number of thioether (sulfide) groups is 1. The molecule has 0 aromatic heterocycles. The topological polar surface area (TPSA) is 75.3 Å². The van der Waals surface area contributed by atoms with E-state index < -0.39 is 46.1 Å². The van der Waals surface area contributed by atoms with E-state index in [0.29, 0.717) is 11.8 Å². The standard InChI is InChI=1S/C20H22F4N2O3S2/c1-13-3-7-16(8-4-13)31(28,29)26-18(9-10-30-2)19(27)25-12-14-5-6-15(21)11-17(14)20(22,23)24/h3-8,11,18,26H,9-10,12H2,1-2H3,(H,25,27). The average Bonchev–Trinajstić information content (AvgIpc) is 2.69. The Bertz CT molecular complexity index is 1010. The van der Waals surface area contributed by atoms with Crippen LogP contribution in [-0.4, -0.2) is 32.4 Å². The Balaban J connectivity index is 2.18. The molecule has 2 aromatic carbocycles. The summed E-state index contributed by atoms with van der Waals surface area (Å²) in [7, 11) is -4.02. The van der Waals surface area contributed by atoms with Crippen LogP contribution in [0.15, 0.2) is 47.4 Å². The second kappa shape index (κ2) is 10.5. The van der Waals surface area contributed by atoms with Crippen LogP contribution in [-0.2, 0) is 27.5 Å². The molecule has 11 heteroatoms. The lowest BCUT2D eigenvalue weighted by molar-refractivity contribution is -0.138. The summed E-state index contributed by atoms with van der Waals surface area (Å²) in [4.78, 5) is 12.6. The Kier molecular flexibility index (Phi) is 8.49. The van der Waals surface area contributed by atoms with E-state index in [2.05, 4.69) is 10.0 Å². The van der Waals surface area contributed by atoms with E-state index in [-0.39, 0.29) is 16.9 Å². The van der Waals surface area contributed by atoms with Gasteiger partial charge in [0, 0.05) is 6.54 Å². The van der Waals surface area contributed by atoms with E-state index in [4.69, 9.17) is 0 Å². The van der Waals surface area contributed by atoms with Crippen molar-refractivity contribution in [2.24, 2.45) is 0 Å². The van der Waals surface area contributed by atoms with Gasteiger partial charge in [-0.1, -0.05) is 23.8 Å². The van der Waals surface area contributed by atoms with Crippen LogP contribution >= 0.6 is 11.8 Å². The molecule has 31 heavy (non-hydrogen) atoms. The Morgan fingerprint density at radius 3 is 2.35 bits per heavy atom. The Morgan fingerprint density at radius 1 is 1.13 bits per heavy atom. The lowest BCUT2D eigenvalue weighted by Gasteiger charge is -2.19. The van der Waals surface area contributed by atoms with Crippen molar-refractivity contribution in [2.75, 3.05) is 12.0 Å². The second-order valence-electron chi connectivity index (χ2n) is 6.79. The minimum atomic E-state index is -4.80. The highest BCUT2D eigenvalue weighted by molar-refractivity contribution is 7.98. The molecule has 0 radical (unpaired) electrons. The highest BCUT2D eigenvalue weighted by Gasteiger charge is 2.34. The molecule has 170 valence electrons. The van der Waals surface area contributed by atoms with Crippen molar-refractivity contribution in [3.63, 3.8) is 0 Å². The predicted octanol–water partition coefficient (Wildman–Crippen LogP) is 3.87. The maximum atomic E-state index is 13.2. The van der Waals surface area contributed by atoms with E-state index in [1.165, 1.54) is 23.9 Å². The predicted molar refractivity (Wildman–Crippen MR) is 112 cm³/mol. The maximum absolute atomic E-state index is 13.2. The molecule has 1 atom stereocenters. The number of carbonyl (C=O) groups excluding carboxylic acids is 1. The fraction of sp³-hybridized carbons (Fsp3) is 0.350. The first-order valence-electron chi connectivity index (χ1n) is 9.15. The zero-order chi connectivity index (χ0) is 23.2. The van der Waals surface area contributed by atoms with Crippen LogP contribution in [0.1, 0.15) is 23.1 Å². The first-order valence-corrected chi connectivity index (χ1v) is 12.0. The summed E-state index contributed by atoms with van der Waals surface area (Å²) in [5, 5.41) is 2.33. The van der Waals surface area contributed by atoms with Crippen molar-refractivity contribution >= 4 is 27.7 Å². The molecule has 0 aliphatic carbocycles. The quantitative estimate of drug-likeness (QED) is 0.537. The van der Waals surface area contributed by atoms with E-state index in [1.54, 1.807) is 25.3 Å². The second-order valence-corrected chi connectivity index (χ2v) is 9.49. The van der Waals surface area contributed by atoms with Crippen LogP contribution in [0.3, 0.4) is 0 Å². The number of benzene rings is 2. The number of sulfonamides is 1. The van der Waals surface area contributed by atoms with Gasteiger partial charge in [0.25, 0.3) is 0 Å². The molecule has 1 amide bonds. The molecule has 2 aromatic rings. The van der Waals surface area contributed by atoms with Crippen LogP contribution in [0.2, 0.25) is 0 Å². The van der Waals surface area contributed by atoms with Crippen LogP contribution < -0.4 is 10.0 Å². The number of alkyl halides is 3. The third kappa shape index (κ3) is 7.22. The normalized spacial score (nSPS) is 13.1. The molecular weight excluding hydrogens is 456 g/mol. The maximum Gasteiger partial charge on any atom is 0.416 e. The fourth-order valence-corrected chi connectivity index (χ4v) is 4.43. The Morgan fingerprint density at radius 2 is 1.77 bits per heavy atom. The molecule has 0 bridgehead atoms. The third-order valence-corrected chi connectivity index (χ3v) is 6.52. The molecule has 1 unspecified atom stereocenters. The van der Waals surface area contributed by atoms with Crippen molar-refractivity contribution in [1.82, 2.24) is 10.0 Å². The molecule has 2 N–H and O–H groups in total. The van der Waals surface area contributed by atoms with Crippen molar-refractivity contribution in [3.05, 3.63) is 65.0 Å². The van der Waals surface area contributed by atoms with Gasteiger partial charge in [-0.3, -0.25) is 4.79 Å². The van der Waals surface area contributed by atoms with E-state index in [9.17, 15) is 30.8 Å². The number of amides is 1. The van der Waals surface area contributed by atoms with Crippen molar-refractivity contribution in [3.8, 4) is 0 Å². The SMILES string of the molecule is CSCCC(NS(=O)(=O)c1ccc(C)cc1)C(=O)NCc1ccc(F)cc1C(F)(F)F. The van der Waals surface area contributed by atoms with Crippen molar-refractivity contribution < 1.29 is 30.8 Å². The van der Waals surface area contributed by atoms with Gasteiger partial charge >= 0.3 is 6.18 Å². The smallest absolute Gasteiger partial charge is 0.351 e. The fourth-order valence-electron chi connectivity index (χ4n) is 2.72. The number of aryl methyl sites for hydroxylation is 1. The molecule has 0 heterocycles. The van der Waals surface area contributed by atoms with Crippen LogP contribution in [0.25, 0.3) is 0 Å². The number of hydrogen-bond acceptors (Lipinski definition) is 4. The molecule has 0 aliphatic rings. The van der Waals surface area contributed by atoms with E-state index in [0.717, 1.165) is 17.7 Å². The minimum absolute atomic E-state index is 0.0297. The van der Waals surface area contributed by atoms with Gasteiger partial charge in [0.1, 0.15) is 11.9 Å². The van der Waals surface area contributed by atoms with Crippen LogP contribution in [0, 0.1) is 12.7 Å². The molecule has 0 aliphatic heterocycles. The summed E-state index contributed by atoms with van der Waals surface area (Å²) in [6.07, 6.45) is -2.89. The zero-order valence-corrected chi connectivity index (χ0v) is 18.4. The highest BCUT2D eigenvalue weighted by atomic mass is 32.2. The molecule has 0 spiro atoms. The highest BCUT2D eigenvalue weighted by Crippen LogP contribution is 2.32. The lowest BCUT2D eigenvalue weighted by Crippen LogP contribution is -2.46. The van der Waals surface area contributed by atoms with Gasteiger partial charge in [-0.05, 0) is 55.2 Å². The van der Waals surface area contributed by atoms with Crippen LogP contribution in [0.4, 0.5) is 17.6 Å². The lowest BCUT2D eigenvalue weighted by atomic mass is 10.1. The van der Waals surface area contributed by atoms with Gasteiger partial charge in [-0.15, -0.1) is 0 Å². The molecule has 2 rings (SSSR count). The Labute approximate surface area is 182 Å². The van der Waals surface area contributed by atoms with Crippen molar-refractivity contribution in [2.45, 2.75) is 37.0 Å². The van der Waals surface area contributed by atoms with Gasteiger partial charge in [-0.25, -0.2) is 12.8 Å². The molecule has 0 saturated carbocycles. The van der Waals surface area contributed by atoms with E-state index >= 15 is 0 Å². The number of rotatable bonds is 9. The summed E-state index contributed by atoms with van der Waals surface area (Å²) in [5.74, 6) is -1.38. The van der Waals surface area contributed by atoms with Gasteiger partial charge in [0.05, 0.1) is 10.5 Å². The number of halogens is 4. The summed E-state index contributed by atoms with van der Waals surface area (Å²) in [6, 6.07) is 6.98. The molecule has 5 nitrogen and oxygen atoms in total. The van der Waals surface area contributed by atoms with E-state index in [1.807, 2.05) is 0 Å². The first-order chi connectivity index (χ1) is 14.4. The zero-order valence-electron chi connectivity index (χ0n) is 16.8. The average molecular weight is 479 g/mol. The molecule has 0 fully saturated rings. The van der Waals surface area contributed by atoms with Crippen LogP contribution in [0.5, 0.6) is 0 Å². The van der Waals surface area contributed by atoms with Gasteiger partial charge in [0.15, 0.2) is 0 Å². The summed E-state index contributed by atoms with van der Waals surface area (Å²) >= 11 is 1.39.